The van der Waals surface area contributed by atoms with E-state index in [1.165, 1.54) is 0 Å². The van der Waals surface area contributed by atoms with E-state index in [2.05, 4.69) is 23.1 Å². The van der Waals surface area contributed by atoms with Gasteiger partial charge in [-0.2, -0.15) is 5.26 Å². The number of aliphatic hydroxyl groups excluding tert-OH is 1. The Kier molecular flexibility index (Phi) is 9.44. The van der Waals surface area contributed by atoms with Gasteiger partial charge < -0.3 is 23.9 Å². The molecule has 2 aliphatic heterocycles. The van der Waals surface area contributed by atoms with Crippen molar-refractivity contribution in [3.63, 3.8) is 0 Å². The highest BCUT2D eigenvalue weighted by molar-refractivity contribution is 5.85. The monoisotopic (exact) mass is 702 g/mol. The molecule has 4 heterocycles. The smallest absolute Gasteiger partial charge is 0.310 e. The minimum Gasteiger partial charge on any atom is -0.481 e. The number of fused-ring (bicyclic) bond motifs is 2. The second-order valence-corrected chi connectivity index (χ2v) is 14.4. The van der Waals surface area contributed by atoms with Crippen LogP contribution in [0.3, 0.4) is 0 Å². The Balaban J connectivity index is 1.13. The number of carbonyl (C=O) groups is 2. The number of aromatic nitrogens is 2. The van der Waals surface area contributed by atoms with Gasteiger partial charge in [0.15, 0.2) is 5.58 Å². The Bertz CT molecular complexity index is 2210. The fourth-order valence-electron chi connectivity index (χ4n) is 7.41. The van der Waals surface area contributed by atoms with Gasteiger partial charge in [-0.1, -0.05) is 24.3 Å². The number of rotatable bonds is 11. The van der Waals surface area contributed by atoms with Crippen molar-refractivity contribution >= 4 is 23.0 Å². The molecular weight excluding hydrogens is 660 g/mol. The summed E-state index contributed by atoms with van der Waals surface area (Å²) in [5.74, 6) is 0.838. The lowest BCUT2D eigenvalue weighted by atomic mass is 9.90. The molecule has 1 fully saturated rings. The molecule has 7 rings (SSSR count). The van der Waals surface area contributed by atoms with Gasteiger partial charge in [-0.15, -0.1) is 0 Å². The van der Waals surface area contributed by atoms with E-state index in [-0.39, 0.29) is 19.1 Å². The Morgan fingerprint density at radius 2 is 1.67 bits per heavy atom. The van der Waals surface area contributed by atoms with E-state index < -0.39 is 11.4 Å². The van der Waals surface area contributed by atoms with Crippen LogP contribution < -0.4 is 0 Å². The highest BCUT2D eigenvalue weighted by Gasteiger charge is 2.40. The number of benzene rings is 3. The largest absolute Gasteiger partial charge is 0.481 e. The summed E-state index contributed by atoms with van der Waals surface area (Å²) in [5.41, 5.74) is 7.91. The van der Waals surface area contributed by atoms with E-state index in [1.54, 1.807) is 17.9 Å². The van der Waals surface area contributed by atoms with Crippen molar-refractivity contribution in [3.8, 4) is 40.1 Å². The molecule has 1 saturated heterocycles. The Hall–Kier alpha value is -5.35. The molecule has 12 nitrogen and oxygen atoms in total. The molecule has 268 valence electrons. The highest BCUT2D eigenvalue weighted by Crippen LogP contribution is 2.39. The van der Waals surface area contributed by atoms with E-state index in [0.717, 1.165) is 44.6 Å². The quantitative estimate of drug-likeness (QED) is 0.172. The summed E-state index contributed by atoms with van der Waals surface area (Å²) >= 11 is 0. The number of hydrogen-bond acceptors (Lipinski definition) is 10. The average molecular weight is 703 g/mol. The van der Waals surface area contributed by atoms with Gasteiger partial charge in [0.25, 0.3) is 0 Å². The second kappa shape index (κ2) is 14.0. The van der Waals surface area contributed by atoms with E-state index in [0.29, 0.717) is 86.3 Å². The van der Waals surface area contributed by atoms with Gasteiger partial charge in [0.2, 0.25) is 17.7 Å². The third kappa shape index (κ3) is 6.59. The topological polar surface area (TPSA) is 160 Å². The molecule has 2 N–H and O–H groups in total. The molecular formula is C40H42N6O6. The molecule has 0 spiro atoms. The van der Waals surface area contributed by atoms with Crippen LogP contribution in [-0.4, -0.2) is 86.6 Å². The Morgan fingerprint density at radius 3 is 2.29 bits per heavy atom. The van der Waals surface area contributed by atoms with E-state index in [9.17, 15) is 20.0 Å². The first-order valence-electron chi connectivity index (χ1n) is 17.5. The number of likely N-dealkylation sites (tertiary alicyclic amines) is 1. The molecule has 0 unspecified atom stereocenters. The minimum absolute atomic E-state index is 0.000770. The standard InChI is InChI=1S/C40H42N6O6/c1-24-28(8-5-10-30(24)37-43-33-20-46(21-34(33)51-37)35(48)22-44(4)13-7-15-47)29-9-6-11-31(25(29)2)38-42-32-17-26(16-27(18-41)36(32)52-38)19-45-14-12-40(3,23-45)39(49)50/h5-6,8-11,16-17,47H,7,12-15,19-23H2,1-4H3,(H,49,50)/t40-/m1/s1. The van der Waals surface area contributed by atoms with Crippen LogP contribution in [0, 0.1) is 30.6 Å². The Labute approximate surface area is 301 Å². The van der Waals surface area contributed by atoms with Crippen molar-refractivity contribution in [1.82, 2.24) is 24.7 Å². The number of nitriles is 1. The second-order valence-electron chi connectivity index (χ2n) is 14.4. The van der Waals surface area contributed by atoms with Gasteiger partial charge in [-0.05, 0) is 99.3 Å². The van der Waals surface area contributed by atoms with Gasteiger partial charge in [-0.3, -0.25) is 19.4 Å². The van der Waals surface area contributed by atoms with Crippen molar-refractivity contribution < 1.29 is 28.6 Å². The van der Waals surface area contributed by atoms with Gasteiger partial charge in [0, 0.05) is 37.4 Å². The molecule has 1 amide bonds. The van der Waals surface area contributed by atoms with Gasteiger partial charge in [0.1, 0.15) is 23.0 Å². The number of carboxylic acid groups (broad SMARTS) is 1. The van der Waals surface area contributed by atoms with Crippen molar-refractivity contribution in [2.75, 3.05) is 39.8 Å². The maximum absolute atomic E-state index is 12.9. The summed E-state index contributed by atoms with van der Waals surface area (Å²) in [7, 11) is 1.87. The summed E-state index contributed by atoms with van der Waals surface area (Å²) in [6, 6.07) is 18.0. The maximum Gasteiger partial charge on any atom is 0.310 e. The lowest BCUT2D eigenvalue weighted by molar-refractivity contribution is -0.147. The predicted octanol–water partition coefficient (Wildman–Crippen LogP) is 5.76. The van der Waals surface area contributed by atoms with Crippen molar-refractivity contribution in [3.05, 3.63) is 82.2 Å². The fourth-order valence-corrected chi connectivity index (χ4v) is 7.41. The van der Waals surface area contributed by atoms with E-state index in [4.69, 9.17) is 23.9 Å². The van der Waals surface area contributed by atoms with Crippen molar-refractivity contribution in [2.45, 2.75) is 53.2 Å². The van der Waals surface area contributed by atoms with Gasteiger partial charge in [0.05, 0.1) is 30.6 Å². The first-order valence-corrected chi connectivity index (χ1v) is 17.5. The van der Waals surface area contributed by atoms with Crippen LogP contribution in [0.25, 0.3) is 45.1 Å². The Morgan fingerprint density at radius 1 is 1.00 bits per heavy atom. The summed E-state index contributed by atoms with van der Waals surface area (Å²) in [6.07, 6.45) is 1.20. The zero-order valence-electron chi connectivity index (χ0n) is 29.9. The number of carbonyl (C=O) groups excluding carboxylic acids is 1. The van der Waals surface area contributed by atoms with Crippen LogP contribution in [0.4, 0.5) is 0 Å². The third-order valence-corrected chi connectivity index (χ3v) is 10.5. The maximum atomic E-state index is 12.9. The van der Waals surface area contributed by atoms with Crippen LogP contribution in [0.5, 0.6) is 0 Å². The molecule has 2 aromatic heterocycles. The molecule has 0 aliphatic carbocycles. The number of aliphatic hydroxyl groups is 1. The summed E-state index contributed by atoms with van der Waals surface area (Å²) in [4.78, 5) is 40.0. The first kappa shape index (κ1) is 35.1. The highest BCUT2D eigenvalue weighted by atomic mass is 16.4. The van der Waals surface area contributed by atoms with Gasteiger partial charge >= 0.3 is 5.97 Å². The van der Waals surface area contributed by atoms with Crippen LogP contribution in [0.15, 0.2) is 57.4 Å². The summed E-state index contributed by atoms with van der Waals surface area (Å²) in [6.45, 7) is 9.27. The number of nitrogens with zero attached hydrogens (tertiary/aromatic N) is 6. The molecule has 5 aromatic rings. The number of oxazole rings is 2. The number of aliphatic carboxylic acids is 1. The molecule has 12 heteroatoms. The molecule has 0 saturated carbocycles. The number of likely N-dealkylation sites (N-methyl/N-ethyl adjacent to an activating group) is 1. The van der Waals surface area contributed by atoms with E-state index >= 15 is 0 Å². The first-order chi connectivity index (χ1) is 25.0. The molecule has 0 radical (unpaired) electrons. The average Bonchev–Trinajstić information content (AvgIpc) is 3.90. The fraction of sp³-hybridized carbons (Fsp3) is 0.375. The lowest BCUT2D eigenvalue weighted by Gasteiger charge is -2.20. The zero-order chi connectivity index (χ0) is 36.7. The summed E-state index contributed by atoms with van der Waals surface area (Å²) in [5, 5.41) is 28.8. The van der Waals surface area contributed by atoms with Gasteiger partial charge in [-0.25, -0.2) is 9.97 Å². The number of carboxylic acids is 1. The van der Waals surface area contributed by atoms with Crippen molar-refractivity contribution in [2.24, 2.45) is 5.41 Å². The normalized spacial score (nSPS) is 17.3. The van der Waals surface area contributed by atoms with E-state index in [1.807, 2.05) is 56.1 Å². The summed E-state index contributed by atoms with van der Waals surface area (Å²) < 4.78 is 12.5. The zero-order valence-corrected chi connectivity index (χ0v) is 29.9. The molecule has 3 aromatic carbocycles. The molecule has 2 aliphatic rings. The van der Waals surface area contributed by atoms with Crippen LogP contribution in [0.1, 0.15) is 53.5 Å². The molecule has 1 atom stereocenters. The van der Waals surface area contributed by atoms with Crippen LogP contribution in [-0.2, 0) is 29.2 Å². The number of amides is 1. The predicted molar refractivity (Wildman–Crippen MR) is 194 cm³/mol. The SMILES string of the molecule is Cc1c(-c2nc3c(o2)CN(C(=O)CN(C)CCCO)C3)cccc1-c1cccc(-c2nc3cc(CN4CC[C@@](C)(C(=O)O)C4)cc(C#N)c3o2)c1C. The lowest BCUT2D eigenvalue weighted by Crippen LogP contribution is -2.36. The van der Waals surface area contributed by atoms with Crippen LogP contribution >= 0.6 is 0 Å². The number of hydrogen-bond donors (Lipinski definition) is 2. The third-order valence-electron chi connectivity index (χ3n) is 10.5. The van der Waals surface area contributed by atoms with Crippen LogP contribution in [0.2, 0.25) is 0 Å². The minimum atomic E-state index is -0.790. The molecule has 52 heavy (non-hydrogen) atoms. The van der Waals surface area contributed by atoms with Crippen molar-refractivity contribution in [1.29, 1.82) is 5.26 Å². The molecule has 0 bridgehead atoms.